The SMILES string of the molecule is N#Cc1ccc(N2CCN(C(=O)COC3CCC(Nc4ccc(C#N)c(C(F)(F)F)c4)CC3)CC2)cn1. The standard InChI is InChI=1S/C26H27F3N6O2/c27-26(28,29)24-13-20(2-1-18(24)14-30)33-19-4-7-23(8-5-19)37-17-25(36)35-11-9-34(10-12-35)22-6-3-21(15-31)32-16-22/h1-3,6,13,16,19,23,33H,4-5,7-12,17H2. The van der Waals surface area contributed by atoms with E-state index in [1.54, 1.807) is 23.2 Å². The number of amides is 1. The lowest BCUT2D eigenvalue weighted by Crippen LogP contribution is -2.50. The number of benzene rings is 1. The largest absolute Gasteiger partial charge is 0.417 e. The van der Waals surface area contributed by atoms with E-state index in [-0.39, 0.29) is 24.7 Å². The molecule has 4 rings (SSSR count). The van der Waals surface area contributed by atoms with Gasteiger partial charge in [-0.1, -0.05) is 0 Å². The minimum Gasteiger partial charge on any atom is -0.382 e. The third-order valence-corrected chi connectivity index (χ3v) is 6.79. The van der Waals surface area contributed by atoms with E-state index in [4.69, 9.17) is 15.3 Å². The summed E-state index contributed by atoms with van der Waals surface area (Å²) in [4.78, 5) is 20.6. The zero-order chi connectivity index (χ0) is 26.4. The number of aromatic nitrogens is 1. The van der Waals surface area contributed by atoms with Gasteiger partial charge in [0.25, 0.3) is 0 Å². The Kier molecular flexibility index (Phi) is 8.14. The fourth-order valence-corrected chi connectivity index (χ4v) is 4.71. The van der Waals surface area contributed by atoms with Crippen molar-refractivity contribution in [2.75, 3.05) is 43.0 Å². The Balaban J connectivity index is 1.19. The van der Waals surface area contributed by atoms with Crippen LogP contribution in [0.3, 0.4) is 0 Å². The first-order chi connectivity index (χ1) is 17.8. The maximum absolute atomic E-state index is 13.2. The van der Waals surface area contributed by atoms with Crippen LogP contribution in [0.15, 0.2) is 36.5 Å². The summed E-state index contributed by atoms with van der Waals surface area (Å²) in [5.74, 6) is -0.0601. The average Bonchev–Trinajstić information content (AvgIpc) is 2.92. The van der Waals surface area contributed by atoms with Crippen LogP contribution < -0.4 is 10.2 Å². The van der Waals surface area contributed by atoms with Gasteiger partial charge in [-0.2, -0.15) is 23.7 Å². The maximum atomic E-state index is 13.2. The third-order valence-electron chi connectivity index (χ3n) is 6.79. The molecular weight excluding hydrogens is 485 g/mol. The Morgan fingerprint density at radius 1 is 1.05 bits per heavy atom. The Hall–Kier alpha value is -3.83. The number of piperazine rings is 1. The number of ether oxygens (including phenoxy) is 1. The molecule has 1 amide bonds. The molecule has 0 spiro atoms. The number of anilines is 2. The number of halogens is 3. The molecule has 1 aliphatic carbocycles. The molecule has 1 aliphatic heterocycles. The lowest BCUT2D eigenvalue weighted by Gasteiger charge is -2.36. The second-order valence-corrected chi connectivity index (χ2v) is 9.18. The fraction of sp³-hybridized carbons (Fsp3) is 0.462. The van der Waals surface area contributed by atoms with Crippen LogP contribution >= 0.6 is 0 Å². The number of pyridine rings is 1. The number of carbonyl (C=O) groups is 1. The zero-order valence-electron chi connectivity index (χ0n) is 20.2. The Bertz CT molecular complexity index is 1170. The van der Waals surface area contributed by atoms with Crippen molar-refractivity contribution in [3.05, 3.63) is 53.3 Å². The summed E-state index contributed by atoms with van der Waals surface area (Å²) in [6.45, 7) is 2.49. The highest BCUT2D eigenvalue weighted by Gasteiger charge is 2.34. The molecule has 0 bridgehead atoms. The molecule has 194 valence electrons. The highest BCUT2D eigenvalue weighted by Crippen LogP contribution is 2.34. The van der Waals surface area contributed by atoms with Crippen LogP contribution in [0.2, 0.25) is 0 Å². The number of alkyl halides is 3. The van der Waals surface area contributed by atoms with Crippen LogP contribution in [-0.2, 0) is 15.7 Å². The highest BCUT2D eigenvalue weighted by atomic mass is 19.4. The van der Waals surface area contributed by atoms with Gasteiger partial charge in [0, 0.05) is 37.9 Å². The summed E-state index contributed by atoms with van der Waals surface area (Å²) in [5.41, 5.74) is 0.284. The minimum absolute atomic E-state index is 0.00522. The molecule has 0 radical (unpaired) electrons. The number of nitriles is 2. The second-order valence-electron chi connectivity index (χ2n) is 9.18. The molecule has 8 nitrogen and oxygen atoms in total. The van der Waals surface area contributed by atoms with Gasteiger partial charge in [0.1, 0.15) is 18.4 Å². The van der Waals surface area contributed by atoms with Crippen LogP contribution in [0.1, 0.15) is 42.5 Å². The monoisotopic (exact) mass is 512 g/mol. The predicted octanol–water partition coefficient (Wildman–Crippen LogP) is 3.93. The first-order valence-corrected chi connectivity index (χ1v) is 12.1. The first-order valence-electron chi connectivity index (χ1n) is 12.1. The molecular formula is C26H27F3N6O2. The van der Waals surface area contributed by atoms with Crippen LogP contribution in [0.5, 0.6) is 0 Å². The lowest BCUT2D eigenvalue weighted by atomic mass is 9.92. The zero-order valence-corrected chi connectivity index (χ0v) is 20.2. The maximum Gasteiger partial charge on any atom is 0.417 e. The third kappa shape index (κ3) is 6.69. The topological polar surface area (TPSA) is 105 Å². The van der Waals surface area contributed by atoms with Crippen LogP contribution in [0.25, 0.3) is 0 Å². The van der Waals surface area contributed by atoms with E-state index >= 15 is 0 Å². The first kappa shape index (κ1) is 26.2. The van der Waals surface area contributed by atoms with E-state index < -0.39 is 17.3 Å². The van der Waals surface area contributed by atoms with Crippen molar-refractivity contribution in [2.24, 2.45) is 0 Å². The van der Waals surface area contributed by atoms with Gasteiger partial charge < -0.3 is 19.9 Å². The molecule has 0 unspecified atom stereocenters. The van der Waals surface area contributed by atoms with E-state index in [0.29, 0.717) is 63.2 Å². The average molecular weight is 513 g/mol. The van der Waals surface area contributed by atoms with Crippen molar-refractivity contribution in [3.63, 3.8) is 0 Å². The van der Waals surface area contributed by atoms with Crippen molar-refractivity contribution >= 4 is 17.3 Å². The molecule has 2 aliphatic rings. The van der Waals surface area contributed by atoms with E-state index in [9.17, 15) is 18.0 Å². The molecule has 0 atom stereocenters. The quantitative estimate of drug-likeness (QED) is 0.625. The van der Waals surface area contributed by atoms with E-state index in [1.165, 1.54) is 12.1 Å². The van der Waals surface area contributed by atoms with Crippen LogP contribution in [-0.4, -0.2) is 60.7 Å². The van der Waals surface area contributed by atoms with E-state index in [1.807, 2.05) is 12.1 Å². The van der Waals surface area contributed by atoms with Gasteiger partial charge in [0.15, 0.2) is 0 Å². The number of nitrogens with zero attached hydrogens (tertiary/aromatic N) is 5. The van der Waals surface area contributed by atoms with Gasteiger partial charge in [0.05, 0.1) is 35.2 Å². The second kappa shape index (κ2) is 11.5. The van der Waals surface area contributed by atoms with Crippen molar-refractivity contribution in [2.45, 2.75) is 44.0 Å². The molecule has 2 fully saturated rings. The van der Waals surface area contributed by atoms with Crippen LogP contribution in [0, 0.1) is 22.7 Å². The Morgan fingerprint density at radius 2 is 1.78 bits per heavy atom. The number of rotatable bonds is 6. The molecule has 2 aromatic rings. The van der Waals surface area contributed by atoms with Crippen molar-refractivity contribution in [1.29, 1.82) is 10.5 Å². The van der Waals surface area contributed by atoms with Crippen molar-refractivity contribution in [3.8, 4) is 12.1 Å². The molecule has 1 aromatic carbocycles. The lowest BCUT2D eigenvalue weighted by molar-refractivity contribution is -0.139. The van der Waals surface area contributed by atoms with E-state index in [2.05, 4.69) is 15.2 Å². The molecule has 1 saturated heterocycles. The number of nitrogens with one attached hydrogen (secondary N) is 1. The smallest absolute Gasteiger partial charge is 0.382 e. The molecule has 1 saturated carbocycles. The van der Waals surface area contributed by atoms with Gasteiger partial charge in [0.2, 0.25) is 5.91 Å². The van der Waals surface area contributed by atoms with Gasteiger partial charge in [-0.25, -0.2) is 4.98 Å². The summed E-state index contributed by atoms with van der Waals surface area (Å²) in [5, 5.41) is 21.0. The normalized spacial score (nSPS) is 20.1. The number of carbonyl (C=O) groups excluding carboxylic acids is 1. The van der Waals surface area contributed by atoms with Crippen molar-refractivity contribution < 1.29 is 22.7 Å². The highest BCUT2D eigenvalue weighted by molar-refractivity contribution is 5.77. The van der Waals surface area contributed by atoms with E-state index in [0.717, 1.165) is 11.8 Å². The number of hydrogen-bond donors (Lipinski definition) is 1. The van der Waals surface area contributed by atoms with Gasteiger partial charge in [-0.05, 0) is 56.0 Å². The molecule has 2 heterocycles. The van der Waals surface area contributed by atoms with Gasteiger partial charge in [-0.15, -0.1) is 0 Å². The van der Waals surface area contributed by atoms with Gasteiger partial charge in [-0.3, -0.25) is 4.79 Å². The van der Waals surface area contributed by atoms with Crippen LogP contribution in [0.4, 0.5) is 24.5 Å². The Labute approximate surface area is 213 Å². The minimum atomic E-state index is -4.59. The molecule has 37 heavy (non-hydrogen) atoms. The summed E-state index contributed by atoms with van der Waals surface area (Å²) >= 11 is 0. The fourth-order valence-electron chi connectivity index (χ4n) is 4.71. The summed E-state index contributed by atoms with van der Waals surface area (Å²) in [7, 11) is 0. The summed E-state index contributed by atoms with van der Waals surface area (Å²) in [6.07, 6.45) is -0.177. The van der Waals surface area contributed by atoms with Crippen molar-refractivity contribution in [1.82, 2.24) is 9.88 Å². The Morgan fingerprint density at radius 3 is 2.38 bits per heavy atom. The molecule has 1 aromatic heterocycles. The summed E-state index contributed by atoms with van der Waals surface area (Å²) < 4.78 is 45.5. The summed E-state index contributed by atoms with van der Waals surface area (Å²) in [6, 6.07) is 10.8. The van der Waals surface area contributed by atoms with Gasteiger partial charge >= 0.3 is 6.18 Å². The molecule has 1 N–H and O–H groups in total. The molecule has 11 heteroatoms. The predicted molar refractivity (Wildman–Crippen MR) is 130 cm³/mol. The number of hydrogen-bond acceptors (Lipinski definition) is 7.